The minimum atomic E-state index is -1.02. The number of hydrogen-bond donors (Lipinski definition) is 1. The van der Waals surface area contributed by atoms with Crippen LogP contribution in [-0.2, 0) is 0 Å². The van der Waals surface area contributed by atoms with Gasteiger partial charge in [-0.3, -0.25) is 0 Å². The Morgan fingerprint density at radius 3 is 2.50 bits per heavy atom. The first-order valence-corrected chi connectivity index (χ1v) is 5.85. The third-order valence-corrected chi connectivity index (χ3v) is 3.31. The number of halogens is 1. The van der Waals surface area contributed by atoms with Gasteiger partial charge in [-0.05, 0) is 44.5 Å². The molecule has 0 fully saturated rings. The van der Waals surface area contributed by atoms with E-state index in [1.165, 1.54) is 6.07 Å². The zero-order valence-electron chi connectivity index (χ0n) is 10.4. The number of carboxylic acid groups (broad SMARTS) is 1. The van der Waals surface area contributed by atoms with Crippen molar-refractivity contribution in [3.8, 4) is 5.69 Å². The summed E-state index contributed by atoms with van der Waals surface area (Å²) in [6, 6.07) is 4.77. The van der Waals surface area contributed by atoms with Crippen molar-refractivity contribution >= 4 is 17.6 Å². The maximum absolute atomic E-state index is 11.3. The maximum atomic E-state index is 11.3. The highest BCUT2D eigenvalue weighted by Crippen LogP contribution is 2.23. The van der Waals surface area contributed by atoms with Crippen LogP contribution in [0.2, 0.25) is 5.02 Å². The van der Waals surface area contributed by atoms with Gasteiger partial charge < -0.3 is 5.11 Å². The lowest BCUT2D eigenvalue weighted by molar-refractivity contribution is 0.0696. The van der Waals surface area contributed by atoms with Crippen molar-refractivity contribution in [3.63, 3.8) is 0 Å². The predicted octanol–water partition coefficient (Wildman–Crippen LogP) is 3.15. The molecule has 1 heterocycles. The third-order valence-electron chi connectivity index (χ3n) is 3.07. The Morgan fingerprint density at radius 1 is 1.33 bits per heavy atom. The van der Waals surface area contributed by atoms with E-state index < -0.39 is 5.97 Å². The maximum Gasteiger partial charge on any atom is 0.337 e. The van der Waals surface area contributed by atoms with Gasteiger partial charge in [-0.1, -0.05) is 11.6 Å². The van der Waals surface area contributed by atoms with E-state index in [9.17, 15) is 9.90 Å². The number of benzene rings is 1. The van der Waals surface area contributed by atoms with E-state index in [2.05, 4.69) is 5.10 Å². The Kier molecular flexibility index (Phi) is 3.13. The van der Waals surface area contributed by atoms with Gasteiger partial charge in [-0.2, -0.15) is 5.10 Å². The van der Waals surface area contributed by atoms with Crippen molar-refractivity contribution in [2.45, 2.75) is 20.8 Å². The average Bonchev–Trinajstić information content (AvgIpc) is 2.57. The number of aromatic carboxylic acids is 1. The lowest BCUT2D eigenvalue weighted by Gasteiger charge is -2.08. The van der Waals surface area contributed by atoms with E-state index in [-0.39, 0.29) is 5.56 Å². The largest absolute Gasteiger partial charge is 0.478 e. The number of carbonyl (C=O) groups is 1. The van der Waals surface area contributed by atoms with E-state index in [0.717, 1.165) is 17.0 Å². The van der Waals surface area contributed by atoms with Crippen LogP contribution >= 0.6 is 11.6 Å². The molecule has 0 atom stereocenters. The van der Waals surface area contributed by atoms with Crippen LogP contribution in [0, 0.1) is 20.8 Å². The van der Waals surface area contributed by atoms with Crippen LogP contribution in [0.1, 0.15) is 27.3 Å². The van der Waals surface area contributed by atoms with Gasteiger partial charge >= 0.3 is 5.97 Å². The van der Waals surface area contributed by atoms with E-state index in [1.54, 1.807) is 16.8 Å². The minimum absolute atomic E-state index is 0.146. The molecule has 5 heteroatoms. The Balaban J connectivity index is 2.71. The highest BCUT2D eigenvalue weighted by atomic mass is 35.5. The van der Waals surface area contributed by atoms with Gasteiger partial charge in [0.15, 0.2) is 0 Å². The SMILES string of the molecule is Cc1nn(-c2ccc(Cl)cc2C(=O)O)c(C)c1C. The van der Waals surface area contributed by atoms with Crippen LogP contribution in [-0.4, -0.2) is 20.9 Å². The number of aryl methyl sites for hydroxylation is 1. The summed E-state index contributed by atoms with van der Waals surface area (Å²) in [5.41, 5.74) is 3.55. The molecular weight excluding hydrogens is 252 g/mol. The molecular formula is C13H13ClN2O2. The number of carboxylic acids is 1. The highest BCUT2D eigenvalue weighted by Gasteiger charge is 2.16. The van der Waals surface area contributed by atoms with Crippen LogP contribution in [0.15, 0.2) is 18.2 Å². The molecule has 2 aromatic rings. The Morgan fingerprint density at radius 2 is 2.00 bits per heavy atom. The van der Waals surface area contributed by atoms with Crippen molar-refractivity contribution in [2.75, 3.05) is 0 Å². The summed E-state index contributed by atoms with van der Waals surface area (Å²) < 4.78 is 1.64. The number of rotatable bonds is 2. The van der Waals surface area contributed by atoms with E-state index in [4.69, 9.17) is 11.6 Å². The molecule has 0 amide bonds. The second-order valence-electron chi connectivity index (χ2n) is 4.17. The quantitative estimate of drug-likeness (QED) is 0.907. The zero-order chi connectivity index (χ0) is 13.4. The van der Waals surface area contributed by atoms with E-state index >= 15 is 0 Å². The molecule has 0 bridgehead atoms. The Hall–Kier alpha value is -1.81. The van der Waals surface area contributed by atoms with Gasteiger partial charge in [0.05, 0.1) is 16.9 Å². The normalized spacial score (nSPS) is 10.7. The minimum Gasteiger partial charge on any atom is -0.478 e. The fourth-order valence-electron chi connectivity index (χ4n) is 1.82. The molecule has 94 valence electrons. The van der Waals surface area contributed by atoms with E-state index in [1.807, 2.05) is 20.8 Å². The molecule has 0 saturated heterocycles. The lowest BCUT2D eigenvalue weighted by Crippen LogP contribution is -2.08. The predicted molar refractivity (Wildman–Crippen MR) is 69.7 cm³/mol. The van der Waals surface area contributed by atoms with Crippen LogP contribution in [0.5, 0.6) is 0 Å². The molecule has 0 spiro atoms. The summed E-state index contributed by atoms with van der Waals surface area (Å²) in [5.74, 6) is -1.02. The van der Waals surface area contributed by atoms with Crippen molar-refractivity contribution in [3.05, 3.63) is 45.7 Å². The van der Waals surface area contributed by atoms with Crippen molar-refractivity contribution in [1.82, 2.24) is 9.78 Å². The molecule has 0 aliphatic rings. The van der Waals surface area contributed by atoms with E-state index in [0.29, 0.717) is 10.7 Å². The van der Waals surface area contributed by atoms with Gasteiger partial charge in [0.25, 0.3) is 0 Å². The smallest absolute Gasteiger partial charge is 0.337 e. The summed E-state index contributed by atoms with van der Waals surface area (Å²) in [7, 11) is 0. The van der Waals surface area contributed by atoms with Crippen LogP contribution in [0.25, 0.3) is 5.69 Å². The highest BCUT2D eigenvalue weighted by molar-refractivity contribution is 6.31. The first-order valence-electron chi connectivity index (χ1n) is 5.48. The van der Waals surface area contributed by atoms with Crippen LogP contribution in [0.3, 0.4) is 0 Å². The lowest BCUT2D eigenvalue weighted by atomic mass is 10.1. The second-order valence-corrected chi connectivity index (χ2v) is 4.61. The van der Waals surface area contributed by atoms with Gasteiger partial charge in [0, 0.05) is 10.7 Å². The molecule has 2 rings (SSSR count). The number of hydrogen-bond acceptors (Lipinski definition) is 2. The molecule has 0 aliphatic carbocycles. The van der Waals surface area contributed by atoms with Crippen molar-refractivity contribution in [1.29, 1.82) is 0 Å². The fraction of sp³-hybridized carbons (Fsp3) is 0.231. The first kappa shape index (κ1) is 12.6. The van der Waals surface area contributed by atoms with Gasteiger partial charge in [-0.25, -0.2) is 9.48 Å². The first-order chi connectivity index (χ1) is 8.41. The molecule has 4 nitrogen and oxygen atoms in total. The van der Waals surface area contributed by atoms with Crippen LogP contribution in [0.4, 0.5) is 0 Å². The Bertz CT molecular complexity index is 632. The van der Waals surface area contributed by atoms with Crippen molar-refractivity contribution in [2.24, 2.45) is 0 Å². The summed E-state index contributed by atoms with van der Waals surface area (Å²) in [4.78, 5) is 11.3. The fourth-order valence-corrected chi connectivity index (χ4v) is 1.99. The summed E-state index contributed by atoms with van der Waals surface area (Å²) in [6.07, 6.45) is 0. The van der Waals surface area contributed by atoms with Gasteiger partial charge in [0.2, 0.25) is 0 Å². The molecule has 1 N–H and O–H groups in total. The zero-order valence-corrected chi connectivity index (χ0v) is 11.1. The summed E-state index contributed by atoms with van der Waals surface area (Å²) in [6.45, 7) is 5.77. The molecule has 1 aromatic carbocycles. The topological polar surface area (TPSA) is 55.1 Å². The average molecular weight is 265 g/mol. The standard InChI is InChI=1S/C13H13ClN2O2/c1-7-8(2)15-16(9(7)3)12-5-4-10(14)6-11(12)13(17)18/h4-6H,1-3H3,(H,17,18). The van der Waals surface area contributed by atoms with Gasteiger partial charge in [-0.15, -0.1) is 0 Å². The van der Waals surface area contributed by atoms with Crippen LogP contribution < -0.4 is 0 Å². The van der Waals surface area contributed by atoms with Gasteiger partial charge in [0.1, 0.15) is 0 Å². The monoisotopic (exact) mass is 264 g/mol. The third kappa shape index (κ3) is 1.99. The molecule has 1 aromatic heterocycles. The second kappa shape index (κ2) is 4.46. The number of aromatic nitrogens is 2. The Labute approximate surface area is 110 Å². The molecule has 0 saturated carbocycles. The molecule has 0 unspecified atom stereocenters. The molecule has 0 aliphatic heterocycles. The summed E-state index contributed by atoms with van der Waals surface area (Å²) >= 11 is 5.83. The molecule has 0 radical (unpaired) electrons. The summed E-state index contributed by atoms with van der Waals surface area (Å²) in [5, 5.41) is 14.0. The van der Waals surface area contributed by atoms with Crippen molar-refractivity contribution < 1.29 is 9.90 Å². The number of nitrogens with zero attached hydrogens (tertiary/aromatic N) is 2. The molecule has 18 heavy (non-hydrogen) atoms.